The van der Waals surface area contributed by atoms with E-state index in [2.05, 4.69) is 5.32 Å². The molecule has 13 heteroatoms. The van der Waals surface area contributed by atoms with Crippen LogP contribution in [0.5, 0.6) is 0 Å². The normalized spacial score (nSPS) is 11.4. The molecule has 0 aromatic rings. The highest BCUT2D eigenvalue weighted by Crippen LogP contribution is 1.90. The summed E-state index contributed by atoms with van der Waals surface area (Å²) in [5.41, 5.74) is 0. The van der Waals surface area contributed by atoms with Gasteiger partial charge in [-0.1, -0.05) is 0 Å². The van der Waals surface area contributed by atoms with E-state index in [9.17, 15) is 9.59 Å². The third-order valence-corrected chi connectivity index (χ3v) is 4.64. The fourth-order valence-electron chi connectivity index (χ4n) is 2.70. The molecular weight excluding hydrogens is 518 g/mol. The van der Waals surface area contributed by atoms with Gasteiger partial charge in [0.05, 0.1) is 118 Å². The largest absolute Gasteiger partial charge is 0.481 e. The van der Waals surface area contributed by atoms with Crippen LogP contribution in [0.25, 0.3) is 0 Å². The van der Waals surface area contributed by atoms with Gasteiger partial charge in [-0.15, -0.1) is 0 Å². The van der Waals surface area contributed by atoms with E-state index in [-0.39, 0.29) is 24.9 Å². The first-order chi connectivity index (χ1) is 19.0. The minimum atomic E-state index is -0.980. The molecular formula is C26H51NO12. The molecule has 0 heterocycles. The third-order valence-electron chi connectivity index (χ3n) is 4.64. The van der Waals surface area contributed by atoms with Gasteiger partial charge in [-0.25, -0.2) is 0 Å². The Morgan fingerprint density at radius 1 is 0.538 bits per heavy atom. The first-order valence-corrected chi connectivity index (χ1v) is 13.7. The zero-order chi connectivity index (χ0) is 28.7. The van der Waals surface area contributed by atoms with Gasteiger partial charge in [-0.2, -0.15) is 0 Å². The van der Waals surface area contributed by atoms with Crippen molar-refractivity contribution in [1.29, 1.82) is 0 Å². The van der Waals surface area contributed by atoms with Crippen molar-refractivity contribution in [3.63, 3.8) is 0 Å². The summed E-state index contributed by atoms with van der Waals surface area (Å²) in [7, 11) is 0. The minimum Gasteiger partial charge on any atom is -0.481 e. The zero-order valence-electron chi connectivity index (χ0n) is 23.9. The molecule has 0 aromatic carbocycles. The first-order valence-electron chi connectivity index (χ1n) is 13.7. The molecule has 0 saturated carbocycles. The number of carboxylic acids is 1. The van der Waals surface area contributed by atoms with Crippen molar-refractivity contribution in [1.82, 2.24) is 5.32 Å². The van der Waals surface area contributed by atoms with E-state index in [0.717, 1.165) is 0 Å². The van der Waals surface area contributed by atoms with Crippen molar-refractivity contribution in [3.8, 4) is 0 Å². The second-order valence-corrected chi connectivity index (χ2v) is 8.42. The van der Waals surface area contributed by atoms with Crippen molar-refractivity contribution in [2.45, 2.75) is 39.2 Å². The van der Waals surface area contributed by atoms with Crippen LogP contribution in [0.15, 0.2) is 0 Å². The van der Waals surface area contributed by atoms with Gasteiger partial charge in [0, 0.05) is 19.6 Å². The molecule has 13 nitrogen and oxygen atoms in total. The molecule has 0 unspecified atom stereocenters. The van der Waals surface area contributed by atoms with E-state index in [1.807, 2.05) is 13.8 Å². The highest BCUT2D eigenvalue weighted by atomic mass is 16.6. The molecule has 0 atom stereocenters. The van der Waals surface area contributed by atoms with Crippen LogP contribution >= 0.6 is 0 Å². The maximum absolute atomic E-state index is 11.3. The number of carboxylic acid groups (broad SMARTS) is 1. The first kappa shape index (κ1) is 37.6. The molecule has 0 aliphatic rings. The number of ether oxygens (including phenoxy) is 9. The van der Waals surface area contributed by atoms with Gasteiger partial charge >= 0.3 is 5.97 Å². The van der Waals surface area contributed by atoms with Crippen LogP contribution in [-0.2, 0) is 52.2 Å². The monoisotopic (exact) mass is 569 g/mol. The Bertz CT molecular complexity index is 539. The summed E-state index contributed by atoms with van der Waals surface area (Å²) in [6, 6.07) is 0. The summed E-state index contributed by atoms with van der Waals surface area (Å²) >= 11 is 0. The van der Waals surface area contributed by atoms with Crippen LogP contribution in [-0.4, -0.2) is 142 Å². The molecule has 0 radical (unpaired) electrons. The van der Waals surface area contributed by atoms with Crippen molar-refractivity contribution in [3.05, 3.63) is 0 Å². The van der Waals surface area contributed by atoms with E-state index in [4.69, 9.17) is 47.7 Å². The third kappa shape index (κ3) is 34.6. The van der Waals surface area contributed by atoms with Crippen LogP contribution in [0.3, 0.4) is 0 Å². The summed E-state index contributed by atoms with van der Waals surface area (Å²) in [5.74, 6) is -1.24. The number of hydrogen-bond acceptors (Lipinski definition) is 11. The zero-order valence-corrected chi connectivity index (χ0v) is 23.9. The lowest BCUT2D eigenvalue weighted by molar-refractivity contribution is -0.138. The quantitative estimate of drug-likeness (QED) is 0.111. The average molecular weight is 570 g/mol. The van der Waals surface area contributed by atoms with E-state index >= 15 is 0 Å². The number of carbonyl (C=O) groups excluding carboxylic acids is 1. The maximum atomic E-state index is 11.3. The van der Waals surface area contributed by atoms with Gasteiger partial charge in [0.25, 0.3) is 0 Å². The van der Waals surface area contributed by atoms with E-state index < -0.39 is 5.97 Å². The summed E-state index contributed by atoms with van der Waals surface area (Å²) < 4.78 is 48.7. The number of nitrogens with one attached hydrogen (secondary N) is 1. The predicted octanol–water partition coefficient (Wildman–Crippen LogP) is 0.915. The molecule has 39 heavy (non-hydrogen) atoms. The lowest BCUT2D eigenvalue weighted by Crippen LogP contribution is -2.25. The number of amides is 1. The number of rotatable bonds is 32. The summed E-state index contributed by atoms with van der Waals surface area (Å²) in [5, 5.41) is 11.2. The standard InChI is InChI=1S/C26H51NO12/c1-24(2)39-23-22-38-21-20-37-19-18-36-17-16-35-15-14-34-13-12-33-11-10-32-9-8-31-7-3-6-27-25(28)4-5-26(29)30/h24H,3-23H2,1-2H3,(H,27,28)(H,29,30). The van der Waals surface area contributed by atoms with Crippen LogP contribution in [0.2, 0.25) is 0 Å². The average Bonchev–Trinajstić information content (AvgIpc) is 2.90. The summed E-state index contributed by atoms with van der Waals surface area (Å²) in [6.45, 7) is 13.1. The maximum Gasteiger partial charge on any atom is 0.303 e. The fraction of sp³-hybridized carbons (Fsp3) is 0.923. The minimum absolute atomic E-state index is 0.00613. The Labute approximate surface area is 233 Å². The lowest BCUT2D eigenvalue weighted by Gasteiger charge is -2.09. The van der Waals surface area contributed by atoms with E-state index in [1.54, 1.807) is 0 Å². The summed E-state index contributed by atoms with van der Waals surface area (Å²) in [6.07, 6.45) is 0.716. The van der Waals surface area contributed by atoms with Crippen LogP contribution < -0.4 is 5.32 Å². The van der Waals surface area contributed by atoms with Crippen LogP contribution in [0.4, 0.5) is 0 Å². The smallest absolute Gasteiger partial charge is 0.303 e. The summed E-state index contributed by atoms with van der Waals surface area (Å²) in [4.78, 5) is 21.7. The Hall–Kier alpha value is -1.42. The van der Waals surface area contributed by atoms with Crippen LogP contribution in [0.1, 0.15) is 33.1 Å². The van der Waals surface area contributed by atoms with Gasteiger partial charge < -0.3 is 53.1 Å². The molecule has 0 spiro atoms. The van der Waals surface area contributed by atoms with Gasteiger partial charge in [0.15, 0.2) is 0 Å². The van der Waals surface area contributed by atoms with Crippen molar-refractivity contribution in [2.24, 2.45) is 0 Å². The molecule has 0 aliphatic heterocycles. The molecule has 0 fully saturated rings. The van der Waals surface area contributed by atoms with Gasteiger partial charge in [-0.3, -0.25) is 9.59 Å². The molecule has 0 saturated heterocycles. The molecule has 0 bridgehead atoms. The highest BCUT2D eigenvalue weighted by molar-refractivity contribution is 5.80. The molecule has 1 amide bonds. The number of aliphatic carboxylic acids is 1. The molecule has 0 aromatic heterocycles. The molecule has 232 valence electrons. The Balaban J connectivity index is 3.08. The van der Waals surface area contributed by atoms with Gasteiger partial charge in [0.2, 0.25) is 5.91 Å². The lowest BCUT2D eigenvalue weighted by atomic mass is 10.3. The number of hydrogen-bond donors (Lipinski definition) is 2. The van der Waals surface area contributed by atoms with Gasteiger partial charge in [-0.05, 0) is 20.3 Å². The van der Waals surface area contributed by atoms with Crippen molar-refractivity contribution in [2.75, 3.05) is 119 Å². The second-order valence-electron chi connectivity index (χ2n) is 8.42. The van der Waals surface area contributed by atoms with Crippen molar-refractivity contribution >= 4 is 11.9 Å². The van der Waals surface area contributed by atoms with E-state index in [0.29, 0.717) is 125 Å². The Morgan fingerprint density at radius 3 is 1.21 bits per heavy atom. The fourth-order valence-corrected chi connectivity index (χ4v) is 2.70. The Morgan fingerprint density at radius 2 is 0.872 bits per heavy atom. The van der Waals surface area contributed by atoms with Crippen LogP contribution in [0, 0.1) is 0 Å². The molecule has 0 aliphatic carbocycles. The molecule has 0 rings (SSSR count). The van der Waals surface area contributed by atoms with E-state index in [1.165, 1.54) is 0 Å². The van der Waals surface area contributed by atoms with Crippen molar-refractivity contribution < 1.29 is 57.3 Å². The van der Waals surface area contributed by atoms with Gasteiger partial charge in [0.1, 0.15) is 0 Å². The highest BCUT2D eigenvalue weighted by Gasteiger charge is 2.04. The topological polar surface area (TPSA) is 149 Å². The predicted molar refractivity (Wildman–Crippen MR) is 142 cm³/mol. The SMILES string of the molecule is CC(C)OCCOCCOCCOCCOCCOCCOCCOCCOCCCNC(=O)CCC(=O)O. The second kappa shape index (κ2) is 31.1. The number of carbonyl (C=O) groups is 2. The Kier molecular flexibility index (Phi) is 30.0. The molecule has 2 N–H and O–H groups in total.